The summed E-state index contributed by atoms with van der Waals surface area (Å²) in [6.45, 7) is 3.85. The van der Waals surface area contributed by atoms with Gasteiger partial charge in [0, 0.05) is 6.54 Å². The van der Waals surface area contributed by atoms with Gasteiger partial charge in [0.2, 0.25) is 0 Å². The largest absolute Gasteiger partial charge is 0.484 e. The smallest absolute Gasteiger partial charge is 0.329 e. The predicted molar refractivity (Wildman–Crippen MR) is 105 cm³/mol. The van der Waals surface area contributed by atoms with Crippen molar-refractivity contribution in [2.45, 2.75) is 26.9 Å². The standard InChI is InChI=1S/C20H22N4O4/c1-3-23-16-9-4-5-10-17(16)24(20(23)27)12-18(25)21-22-19(26)13-28-15-8-6-7-14(2)11-15/h4-11H,3,12-13H2,1-2H3,(H,21,25)(H,22,26). The number of nitrogens with one attached hydrogen (secondary N) is 2. The minimum Gasteiger partial charge on any atom is -0.484 e. The second-order valence-corrected chi connectivity index (χ2v) is 6.30. The fourth-order valence-electron chi connectivity index (χ4n) is 2.94. The van der Waals surface area contributed by atoms with Crippen LogP contribution in [0.25, 0.3) is 11.0 Å². The molecule has 28 heavy (non-hydrogen) atoms. The highest BCUT2D eigenvalue weighted by molar-refractivity contribution is 5.84. The van der Waals surface area contributed by atoms with Gasteiger partial charge >= 0.3 is 5.69 Å². The van der Waals surface area contributed by atoms with Gasteiger partial charge in [0.25, 0.3) is 11.8 Å². The average Bonchev–Trinajstić information content (AvgIpc) is 2.96. The van der Waals surface area contributed by atoms with Crippen LogP contribution in [0, 0.1) is 6.92 Å². The number of benzene rings is 2. The molecule has 2 amide bonds. The Balaban J connectivity index is 1.57. The lowest BCUT2D eigenvalue weighted by atomic mass is 10.2. The van der Waals surface area contributed by atoms with Crippen LogP contribution in [0.1, 0.15) is 12.5 Å². The molecule has 1 aromatic heterocycles. The maximum absolute atomic E-state index is 12.5. The summed E-state index contributed by atoms with van der Waals surface area (Å²) in [6, 6.07) is 14.6. The van der Waals surface area contributed by atoms with Crippen molar-refractivity contribution >= 4 is 22.8 Å². The summed E-state index contributed by atoms with van der Waals surface area (Å²) in [5.74, 6) is -0.441. The molecule has 0 radical (unpaired) electrons. The number of carbonyl (C=O) groups excluding carboxylic acids is 2. The third-order valence-electron chi connectivity index (χ3n) is 4.24. The zero-order valence-electron chi connectivity index (χ0n) is 15.8. The molecule has 0 saturated heterocycles. The second-order valence-electron chi connectivity index (χ2n) is 6.30. The number of ether oxygens (including phenoxy) is 1. The van der Waals surface area contributed by atoms with Gasteiger partial charge in [0.1, 0.15) is 12.3 Å². The van der Waals surface area contributed by atoms with Crippen LogP contribution in [0.15, 0.2) is 53.3 Å². The molecule has 3 aromatic rings. The molecule has 8 nitrogen and oxygen atoms in total. The number of para-hydroxylation sites is 2. The van der Waals surface area contributed by atoms with Crippen LogP contribution in [0.4, 0.5) is 0 Å². The first-order chi connectivity index (χ1) is 13.5. The summed E-state index contributed by atoms with van der Waals surface area (Å²) in [4.78, 5) is 36.6. The summed E-state index contributed by atoms with van der Waals surface area (Å²) < 4.78 is 8.34. The van der Waals surface area contributed by atoms with E-state index in [1.807, 2.05) is 44.2 Å². The topological polar surface area (TPSA) is 94.4 Å². The molecule has 0 spiro atoms. The zero-order valence-corrected chi connectivity index (χ0v) is 15.8. The van der Waals surface area contributed by atoms with Crippen molar-refractivity contribution in [2.24, 2.45) is 0 Å². The van der Waals surface area contributed by atoms with Crippen molar-refractivity contribution in [2.75, 3.05) is 6.61 Å². The van der Waals surface area contributed by atoms with E-state index < -0.39 is 11.8 Å². The molecule has 3 rings (SSSR count). The van der Waals surface area contributed by atoms with Crippen molar-refractivity contribution in [3.63, 3.8) is 0 Å². The minimum atomic E-state index is -0.509. The Morgan fingerprint density at radius 3 is 2.32 bits per heavy atom. The van der Waals surface area contributed by atoms with Gasteiger partial charge in [-0.1, -0.05) is 24.3 Å². The number of amides is 2. The van der Waals surface area contributed by atoms with E-state index in [0.29, 0.717) is 17.8 Å². The van der Waals surface area contributed by atoms with Crippen molar-refractivity contribution in [3.05, 3.63) is 64.6 Å². The summed E-state index contributed by atoms with van der Waals surface area (Å²) >= 11 is 0. The van der Waals surface area contributed by atoms with Crippen LogP contribution in [0.3, 0.4) is 0 Å². The van der Waals surface area contributed by atoms with Crippen LogP contribution >= 0.6 is 0 Å². The first-order valence-electron chi connectivity index (χ1n) is 8.94. The fourth-order valence-corrected chi connectivity index (χ4v) is 2.94. The molecule has 0 aliphatic rings. The highest BCUT2D eigenvalue weighted by Gasteiger charge is 2.14. The maximum atomic E-state index is 12.5. The molecule has 0 bridgehead atoms. The predicted octanol–water partition coefficient (Wildman–Crippen LogP) is 1.36. The number of carbonyl (C=O) groups is 2. The Labute approximate surface area is 161 Å². The SMILES string of the molecule is CCn1c(=O)n(CC(=O)NNC(=O)COc2cccc(C)c2)c2ccccc21. The summed E-state index contributed by atoms with van der Waals surface area (Å²) in [7, 11) is 0. The molecule has 0 aliphatic heterocycles. The highest BCUT2D eigenvalue weighted by Crippen LogP contribution is 2.13. The lowest BCUT2D eigenvalue weighted by Crippen LogP contribution is -2.46. The van der Waals surface area contributed by atoms with Crippen molar-refractivity contribution < 1.29 is 14.3 Å². The molecule has 0 unspecified atom stereocenters. The van der Waals surface area contributed by atoms with Crippen LogP contribution in [0.2, 0.25) is 0 Å². The first kappa shape index (κ1) is 19.2. The number of hydrogen-bond acceptors (Lipinski definition) is 4. The maximum Gasteiger partial charge on any atom is 0.329 e. The van der Waals surface area contributed by atoms with Gasteiger partial charge in [0.15, 0.2) is 6.61 Å². The van der Waals surface area contributed by atoms with Gasteiger partial charge in [-0.25, -0.2) is 4.79 Å². The van der Waals surface area contributed by atoms with E-state index in [0.717, 1.165) is 11.1 Å². The first-order valence-corrected chi connectivity index (χ1v) is 8.94. The Bertz CT molecular complexity index is 1070. The molecular weight excluding hydrogens is 360 g/mol. The van der Waals surface area contributed by atoms with Gasteiger partial charge in [-0.15, -0.1) is 0 Å². The molecule has 2 N–H and O–H groups in total. The number of hydrogen-bond donors (Lipinski definition) is 2. The van der Waals surface area contributed by atoms with E-state index in [-0.39, 0.29) is 18.8 Å². The number of imidazole rings is 1. The van der Waals surface area contributed by atoms with Gasteiger partial charge < -0.3 is 4.74 Å². The van der Waals surface area contributed by atoms with E-state index >= 15 is 0 Å². The highest BCUT2D eigenvalue weighted by atomic mass is 16.5. The molecular formula is C20H22N4O4. The number of aromatic nitrogens is 2. The Morgan fingerprint density at radius 2 is 1.64 bits per heavy atom. The van der Waals surface area contributed by atoms with E-state index in [9.17, 15) is 14.4 Å². The molecule has 0 fully saturated rings. The average molecular weight is 382 g/mol. The summed E-state index contributed by atoms with van der Waals surface area (Å²) in [5.41, 5.74) is 6.77. The van der Waals surface area contributed by atoms with Crippen molar-refractivity contribution in [1.82, 2.24) is 20.0 Å². The van der Waals surface area contributed by atoms with Crippen LogP contribution < -0.4 is 21.3 Å². The van der Waals surface area contributed by atoms with Gasteiger partial charge in [0.05, 0.1) is 11.0 Å². The zero-order chi connectivity index (χ0) is 20.1. The second kappa shape index (κ2) is 8.43. The molecule has 0 aliphatic carbocycles. The van der Waals surface area contributed by atoms with E-state index in [4.69, 9.17) is 4.74 Å². The van der Waals surface area contributed by atoms with Crippen LogP contribution in [-0.4, -0.2) is 27.6 Å². The molecule has 146 valence electrons. The number of aryl methyl sites for hydroxylation is 2. The molecule has 0 saturated carbocycles. The van der Waals surface area contributed by atoms with Gasteiger partial charge in [-0.3, -0.25) is 29.6 Å². The van der Waals surface area contributed by atoms with E-state index in [1.54, 1.807) is 22.8 Å². The Hall–Kier alpha value is -3.55. The quantitative estimate of drug-likeness (QED) is 0.630. The summed E-state index contributed by atoms with van der Waals surface area (Å²) in [5, 5.41) is 0. The monoisotopic (exact) mass is 382 g/mol. The fraction of sp³-hybridized carbons (Fsp3) is 0.250. The van der Waals surface area contributed by atoms with Gasteiger partial charge in [-0.2, -0.15) is 0 Å². The Kier molecular flexibility index (Phi) is 5.78. The van der Waals surface area contributed by atoms with Crippen molar-refractivity contribution in [3.8, 4) is 5.75 Å². The lowest BCUT2D eigenvalue weighted by molar-refractivity contribution is -0.130. The number of rotatable bonds is 6. The lowest BCUT2D eigenvalue weighted by Gasteiger charge is -2.09. The van der Waals surface area contributed by atoms with Crippen LogP contribution in [0.5, 0.6) is 5.75 Å². The van der Waals surface area contributed by atoms with Crippen molar-refractivity contribution in [1.29, 1.82) is 0 Å². The molecule has 8 heteroatoms. The Morgan fingerprint density at radius 1 is 0.964 bits per heavy atom. The van der Waals surface area contributed by atoms with Gasteiger partial charge in [-0.05, 0) is 43.7 Å². The number of hydrazine groups is 1. The third-order valence-corrected chi connectivity index (χ3v) is 4.24. The molecule has 0 atom stereocenters. The molecule has 1 heterocycles. The third kappa shape index (κ3) is 4.22. The normalized spacial score (nSPS) is 10.6. The molecule has 2 aromatic carbocycles. The van der Waals surface area contributed by atoms with Crippen LogP contribution in [-0.2, 0) is 22.7 Å². The minimum absolute atomic E-state index is 0.203. The van der Waals surface area contributed by atoms with E-state index in [2.05, 4.69) is 10.9 Å². The number of fused-ring (bicyclic) bond motifs is 1. The van der Waals surface area contributed by atoms with E-state index in [1.165, 1.54) is 4.57 Å². The number of nitrogens with zero attached hydrogens (tertiary/aromatic N) is 2. The summed E-state index contributed by atoms with van der Waals surface area (Å²) in [6.07, 6.45) is 0.